The Morgan fingerprint density at radius 1 is 0.545 bits per heavy atom. The van der Waals surface area contributed by atoms with E-state index in [1.807, 2.05) is 0 Å². The molecule has 0 radical (unpaired) electrons. The van der Waals surface area contributed by atoms with Gasteiger partial charge in [0.25, 0.3) is 20.2 Å². The molecule has 4 heterocycles. The number of benzene rings is 6. The van der Waals surface area contributed by atoms with Crippen molar-refractivity contribution < 1.29 is 179 Å². The fourth-order valence-electron chi connectivity index (χ4n) is 8.98. The van der Waals surface area contributed by atoms with Crippen LogP contribution in [0.3, 0.4) is 0 Å². The van der Waals surface area contributed by atoms with E-state index in [4.69, 9.17) is 42.4 Å². The molecule has 4 aliphatic heterocycles. The Morgan fingerprint density at radius 2 is 0.920 bits per heavy atom. The van der Waals surface area contributed by atoms with Gasteiger partial charge in [-0.1, -0.05) is 34.7 Å². The smallest absolute Gasteiger partial charge is 0.870 e. The summed E-state index contributed by atoms with van der Waals surface area (Å²) in [6.45, 7) is 0.486. The number of hydrogen-bond acceptors (Lipinski definition) is 27. The maximum absolute atomic E-state index is 12.5. The molecule has 6 aromatic rings. The summed E-state index contributed by atoms with van der Waals surface area (Å²) >= 11 is 0. The number of methoxy groups -OCH3 is 3. The number of phenolic OH excluding ortho intramolecular Hbond substituents is 7. The number of aromatic hydroxyl groups is 7. The molecule has 27 nitrogen and oxygen atoms in total. The largest absolute Gasteiger partial charge is 1.00 e. The minimum absolute atomic E-state index is 0. The van der Waals surface area contributed by atoms with E-state index in [2.05, 4.69) is 4.18 Å². The van der Waals surface area contributed by atoms with Crippen molar-refractivity contribution in [2.75, 3.05) is 58.4 Å². The summed E-state index contributed by atoms with van der Waals surface area (Å²) in [5.41, 5.74) is 1.90. The Labute approximate surface area is 548 Å². The van der Waals surface area contributed by atoms with Gasteiger partial charge in [-0.15, -0.1) is 0 Å². The summed E-state index contributed by atoms with van der Waals surface area (Å²) in [5.74, 6) is -0.746. The van der Waals surface area contributed by atoms with Gasteiger partial charge in [-0.05, 0) is 72.4 Å². The molecule has 4 aliphatic rings. The van der Waals surface area contributed by atoms with E-state index in [9.17, 15) is 75.4 Å². The van der Waals surface area contributed by atoms with Crippen molar-refractivity contribution >= 4 is 48.3 Å². The maximum atomic E-state index is 12.5. The van der Waals surface area contributed by atoms with Gasteiger partial charge in [-0.25, -0.2) is 0 Å². The number of fused-ring (bicyclic) bond motifs is 3. The number of ether oxygens (including phenoxy) is 8. The molecular formula is C57H60KO27S3-. The Kier molecular flexibility index (Phi) is 25.8. The van der Waals surface area contributed by atoms with Crippen molar-refractivity contribution in [1.82, 2.24) is 0 Å². The van der Waals surface area contributed by atoms with Crippen LogP contribution >= 0.6 is 0 Å². The van der Waals surface area contributed by atoms with Crippen molar-refractivity contribution in [3.05, 3.63) is 124 Å². The van der Waals surface area contributed by atoms with Crippen LogP contribution in [-0.4, -0.2) is 138 Å². The topological polar surface area (TPSA) is 429 Å². The summed E-state index contributed by atoms with van der Waals surface area (Å²) in [4.78, 5) is 37.2. The molecule has 88 heavy (non-hydrogen) atoms. The third-order valence-electron chi connectivity index (χ3n) is 13.0. The third-order valence-corrected chi connectivity index (χ3v) is 15.7. The predicted molar refractivity (Wildman–Crippen MR) is 303 cm³/mol. The molecule has 31 heteroatoms. The zero-order chi connectivity index (χ0) is 62.6. The molecule has 1 saturated heterocycles. The first-order chi connectivity index (χ1) is 40.8. The van der Waals surface area contributed by atoms with Crippen LogP contribution in [0.4, 0.5) is 0 Å². The van der Waals surface area contributed by atoms with Gasteiger partial charge in [0.05, 0.1) is 71.9 Å². The van der Waals surface area contributed by atoms with E-state index < -0.39 is 55.0 Å². The van der Waals surface area contributed by atoms with Crippen LogP contribution in [0.25, 0.3) is 0 Å². The fraction of sp³-hybridized carbons (Fsp3) is 0.316. The average Bonchev–Trinajstić information content (AvgIpc) is 2.88. The standard InChI is InChI=1S/C19H20O9S.C19H19O8S.C16H14O6.C3H6O3S.K.H2O/c1-26-16-4-3-11(7-13(16)20)17-10-15(22)19-14(21)8-12(9-18(19)28-17)27-5-2-6-29(23,24)25;1-25-16-4-3-11(7-13(16)20)17-10-15(22)19-14(21)8-12(9-18(19)27-17)26-5-2-6-28(23)24;1-21-13-3-2-8(4-10(13)18)14-7-12(20)16-11(19)5-9(17)6-15(16)22-14;4-7(5)3-1-2-6-7;;/h3-4,7-9,17,20-21H,2,5-6,10H2,1H3,(H,23,24,25);3-4,7-9,17,20-21H,2,5-6,10H2,1H3;2-6,14,17-19H,7H2,1H3;1-3H2;;1H2/q;-1;;;+1;/p-1. The Balaban J connectivity index is 0.000000226. The van der Waals surface area contributed by atoms with Gasteiger partial charge in [0.1, 0.15) is 86.7 Å². The van der Waals surface area contributed by atoms with Crippen LogP contribution in [0, 0.1) is 0 Å². The minimum atomic E-state index is -4.08. The van der Waals surface area contributed by atoms with E-state index in [0.29, 0.717) is 47.6 Å². The second-order valence-electron chi connectivity index (χ2n) is 19.1. The first-order valence-electron chi connectivity index (χ1n) is 25.9. The zero-order valence-electron chi connectivity index (χ0n) is 47.5. The molecular weight excluding hydrogens is 1250 g/mol. The van der Waals surface area contributed by atoms with Gasteiger partial charge >= 0.3 is 51.4 Å². The van der Waals surface area contributed by atoms with Crippen molar-refractivity contribution in [2.45, 2.75) is 56.8 Å². The van der Waals surface area contributed by atoms with E-state index in [-0.39, 0.29) is 216 Å². The number of carbonyl (C=O) groups is 3. The second kappa shape index (κ2) is 31.7. The Bertz CT molecular complexity index is 3790. The molecule has 3 unspecified atom stereocenters. The van der Waals surface area contributed by atoms with E-state index in [1.165, 1.54) is 69.9 Å². The van der Waals surface area contributed by atoms with Crippen molar-refractivity contribution in [3.8, 4) is 86.2 Å². The quantitative estimate of drug-likeness (QED) is 0.0218. The van der Waals surface area contributed by atoms with Gasteiger partial charge in [-0.3, -0.25) is 23.1 Å². The summed E-state index contributed by atoms with van der Waals surface area (Å²) in [6, 6.07) is 21.9. The number of carbonyl (C=O) groups excluding carboxylic acids is 3. The monoisotopic (exact) mass is 1310 g/mol. The SMILES string of the molecule is COc1ccc(C2CC(=O)c3c(O)cc(O)cc3O2)cc1O.COc1ccc(C2CC(=O)c3c(O)cc(OCCCS(=O)(=O)O)cc3O2)cc1O.COc1ccc(C2CC(=O)c3c(O)cc(OCCC[S-](=O)=O)cc3O2)cc1O.O=S1(=O)CCCO1.[K+].[OH-]. The molecule has 1 fully saturated rings. The Hall–Kier alpha value is -7.30. The van der Waals surface area contributed by atoms with Crippen molar-refractivity contribution in [1.29, 1.82) is 0 Å². The van der Waals surface area contributed by atoms with E-state index >= 15 is 0 Å². The minimum Gasteiger partial charge on any atom is -0.870 e. The molecule has 0 bridgehead atoms. The number of hydrogen-bond donors (Lipinski definition) is 8. The van der Waals surface area contributed by atoms with Crippen LogP contribution in [0.1, 0.15) is 105 Å². The van der Waals surface area contributed by atoms with Gasteiger partial charge in [0.2, 0.25) is 0 Å². The van der Waals surface area contributed by atoms with Crippen molar-refractivity contribution in [3.63, 3.8) is 0 Å². The van der Waals surface area contributed by atoms with Gasteiger partial charge in [0.15, 0.2) is 51.8 Å². The van der Waals surface area contributed by atoms with Crippen LogP contribution in [0.15, 0.2) is 91.0 Å². The van der Waals surface area contributed by atoms with Gasteiger partial charge in [0, 0.05) is 36.4 Å². The van der Waals surface area contributed by atoms with Gasteiger partial charge < -0.3 is 87.5 Å². The summed E-state index contributed by atoms with van der Waals surface area (Å²) in [5, 5.41) is 69.4. The summed E-state index contributed by atoms with van der Waals surface area (Å²) < 4.78 is 119. The summed E-state index contributed by atoms with van der Waals surface area (Å²) in [6.07, 6.45) is -0.943. The third kappa shape index (κ3) is 19.1. The number of Topliss-reactive ketones (excluding diaryl/α,β-unsaturated/α-hetero) is 3. The van der Waals surface area contributed by atoms with Crippen LogP contribution in [-0.2, 0) is 43.5 Å². The predicted octanol–water partition coefficient (Wildman–Crippen LogP) is 4.44. The molecule has 0 aromatic heterocycles. The molecule has 6 aromatic carbocycles. The first-order valence-corrected chi connectivity index (χ1v) is 30.3. The van der Waals surface area contributed by atoms with E-state index in [0.717, 1.165) is 6.07 Å². The number of ketones is 3. The molecule has 10 rings (SSSR count). The second-order valence-corrected chi connectivity index (χ2v) is 23.4. The molecule has 0 saturated carbocycles. The molecule has 9 N–H and O–H groups in total. The molecule has 470 valence electrons. The van der Waals surface area contributed by atoms with Gasteiger partial charge in [-0.2, -0.15) is 16.8 Å². The molecule has 0 amide bonds. The molecule has 0 spiro atoms. The van der Waals surface area contributed by atoms with Crippen molar-refractivity contribution in [2.24, 2.45) is 0 Å². The van der Waals surface area contributed by atoms with Crippen LogP contribution in [0.5, 0.6) is 86.2 Å². The fourth-order valence-corrected chi connectivity index (χ4v) is 10.8. The molecule has 3 atom stereocenters. The van der Waals surface area contributed by atoms with Crippen LogP contribution < -0.4 is 89.3 Å². The number of rotatable bonds is 16. The number of phenols is 7. The first kappa shape index (κ1) is 71.4. The normalized spacial score (nSPS) is 16.7. The average molecular weight is 1310 g/mol. The zero-order valence-corrected chi connectivity index (χ0v) is 53.0. The summed E-state index contributed by atoms with van der Waals surface area (Å²) in [7, 11) is -4.97. The maximum Gasteiger partial charge on any atom is 1.00 e. The van der Waals surface area contributed by atoms with Crippen LogP contribution in [0.2, 0.25) is 0 Å². The molecule has 0 aliphatic carbocycles. The Morgan fingerprint density at radius 3 is 1.24 bits per heavy atom. The van der Waals surface area contributed by atoms with E-state index in [1.54, 1.807) is 36.4 Å².